The molecule has 0 unspecified atom stereocenters. The maximum Gasteiger partial charge on any atom is 0.255 e. The van der Waals surface area contributed by atoms with E-state index in [-0.39, 0.29) is 5.91 Å². The van der Waals surface area contributed by atoms with Crippen LogP contribution >= 0.6 is 0 Å². The number of hydrogen-bond donors (Lipinski definition) is 1. The predicted molar refractivity (Wildman–Crippen MR) is 98.5 cm³/mol. The van der Waals surface area contributed by atoms with Gasteiger partial charge in [0.15, 0.2) is 5.75 Å². The Bertz CT molecular complexity index is 829. The van der Waals surface area contributed by atoms with Crippen molar-refractivity contribution in [1.82, 2.24) is 0 Å². The van der Waals surface area contributed by atoms with E-state index in [0.29, 0.717) is 29.4 Å². The molecule has 0 fully saturated rings. The number of anilines is 1. The van der Waals surface area contributed by atoms with E-state index in [0.717, 1.165) is 5.75 Å². The molecule has 0 aliphatic heterocycles. The van der Waals surface area contributed by atoms with Gasteiger partial charge in [0.2, 0.25) is 0 Å². The largest absolute Gasteiger partial charge is 0.494 e. The molecule has 25 heavy (non-hydrogen) atoms. The molecule has 0 bridgehead atoms. The molecule has 0 spiro atoms. The number of benzene rings is 3. The molecule has 3 rings (SSSR count). The van der Waals surface area contributed by atoms with Crippen molar-refractivity contribution < 1.29 is 14.3 Å². The second-order valence-corrected chi connectivity index (χ2v) is 5.32. The molecule has 4 heteroatoms. The summed E-state index contributed by atoms with van der Waals surface area (Å²) in [6, 6.07) is 23.8. The van der Waals surface area contributed by atoms with Crippen LogP contribution in [0.1, 0.15) is 17.3 Å². The molecular weight excluding hydrogens is 314 g/mol. The molecular formula is C21H19NO3. The van der Waals surface area contributed by atoms with Gasteiger partial charge in [-0.15, -0.1) is 0 Å². The zero-order chi connectivity index (χ0) is 17.5. The first-order valence-electron chi connectivity index (χ1n) is 8.12. The number of amides is 1. The maximum atomic E-state index is 12.5. The van der Waals surface area contributed by atoms with Gasteiger partial charge in [0.05, 0.1) is 12.3 Å². The van der Waals surface area contributed by atoms with Gasteiger partial charge in [-0.25, -0.2) is 0 Å². The first kappa shape index (κ1) is 16.6. The van der Waals surface area contributed by atoms with E-state index in [1.54, 1.807) is 24.3 Å². The number of carbonyl (C=O) groups is 1. The smallest absolute Gasteiger partial charge is 0.255 e. The van der Waals surface area contributed by atoms with Crippen molar-refractivity contribution in [3.05, 3.63) is 84.4 Å². The van der Waals surface area contributed by atoms with E-state index in [1.165, 1.54) is 0 Å². The van der Waals surface area contributed by atoms with Gasteiger partial charge in [-0.2, -0.15) is 0 Å². The third kappa shape index (κ3) is 4.38. The minimum atomic E-state index is -0.202. The highest BCUT2D eigenvalue weighted by Crippen LogP contribution is 2.29. The number of ether oxygens (including phenoxy) is 2. The number of hydrogen-bond acceptors (Lipinski definition) is 3. The SMILES string of the molecule is CCOc1ccc(C(=O)Nc2ccccc2Oc2ccccc2)cc1. The van der Waals surface area contributed by atoms with Gasteiger partial charge in [-0.3, -0.25) is 4.79 Å². The number of para-hydroxylation sites is 3. The second kappa shape index (κ2) is 8.02. The Labute approximate surface area is 147 Å². The molecule has 0 aliphatic carbocycles. The summed E-state index contributed by atoms with van der Waals surface area (Å²) in [7, 11) is 0. The van der Waals surface area contributed by atoms with Crippen LogP contribution < -0.4 is 14.8 Å². The number of rotatable bonds is 6. The lowest BCUT2D eigenvalue weighted by molar-refractivity contribution is 0.102. The van der Waals surface area contributed by atoms with Crippen LogP contribution in [0.2, 0.25) is 0 Å². The quantitative estimate of drug-likeness (QED) is 0.680. The van der Waals surface area contributed by atoms with Crippen molar-refractivity contribution in [3.63, 3.8) is 0 Å². The van der Waals surface area contributed by atoms with Gasteiger partial charge in [-0.1, -0.05) is 30.3 Å². The van der Waals surface area contributed by atoms with Gasteiger partial charge >= 0.3 is 0 Å². The van der Waals surface area contributed by atoms with E-state index in [1.807, 2.05) is 61.5 Å². The Morgan fingerprint density at radius 3 is 2.24 bits per heavy atom. The lowest BCUT2D eigenvalue weighted by atomic mass is 10.2. The van der Waals surface area contributed by atoms with Crippen LogP contribution in [0.15, 0.2) is 78.9 Å². The van der Waals surface area contributed by atoms with Gasteiger partial charge in [0.1, 0.15) is 11.5 Å². The third-order valence-corrected chi connectivity index (χ3v) is 3.53. The van der Waals surface area contributed by atoms with E-state index in [4.69, 9.17) is 9.47 Å². The van der Waals surface area contributed by atoms with Gasteiger partial charge in [-0.05, 0) is 55.5 Å². The van der Waals surface area contributed by atoms with E-state index < -0.39 is 0 Å². The first-order valence-corrected chi connectivity index (χ1v) is 8.12. The lowest BCUT2D eigenvalue weighted by Gasteiger charge is -2.12. The van der Waals surface area contributed by atoms with E-state index in [9.17, 15) is 4.79 Å². The highest BCUT2D eigenvalue weighted by Gasteiger charge is 2.10. The zero-order valence-electron chi connectivity index (χ0n) is 13.9. The molecule has 0 saturated carbocycles. The van der Waals surface area contributed by atoms with Crippen LogP contribution in [0.5, 0.6) is 17.2 Å². The summed E-state index contributed by atoms with van der Waals surface area (Å²) in [5.74, 6) is 1.84. The third-order valence-electron chi connectivity index (χ3n) is 3.53. The Morgan fingerprint density at radius 2 is 1.52 bits per heavy atom. The topological polar surface area (TPSA) is 47.6 Å². The molecule has 0 saturated heterocycles. The van der Waals surface area contributed by atoms with Crippen LogP contribution in [-0.4, -0.2) is 12.5 Å². The first-order chi connectivity index (χ1) is 12.3. The fourth-order valence-corrected chi connectivity index (χ4v) is 2.34. The van der Waals surface area contributed by atoms with E-state index in [2.05, 4.69) is 5.32 Å². The Kier molecular flexibility index (Phi) is 5.32. The fourth-order valence-electron chi connectivity index (χ4n) is 2.34. The number of nitrogens with one attached hydrogen (secondary N) is 1. The summed E-state index contributed by atoms with van der Waals surface area (Å²) in [6.45, 7) is 2.51. The van der Waals surface area contributed by atoms with Crippen LogP contribution in [-0.2, 0) is 0 Å². The summed E-state index contributed by atoms with van der Waals surface area (Å²) in [5.41, 5.74) is 1.17. The highest BCUT2D eigenvalue weighted by molar-refractivity contribution is 6.05. The molecule has 3 aromatic carbocycles. The summed E-state index contributed by atoms with van der Waals surface area (Å²) in [5, 5.41) is 2.89. The summed E-state index contributed by atoms with van der Waals surface area (Å²) >= 11 is 0. The average molecular weight is 333 g/mol. The molecule has 1 amide bonds. The van der Waals surface area contributed by atoms with Crippen molar-refractivity contribution in [1.29, 1.82) is 0 Å². The molecule has 0 heterocycles. The van der Waals surface area contributed by atoms with Gasteiger partial charge in [0, 0.05) is 5.56 Å². The second-order valence-electron chi connectivity index (χ2n) is 5.32. The van der Waals surface area contributed by atoms with Crippen molar-refractivity contribution in [2.24, 2.45) is 0 Å². The fraction of sp³-hybridized carbons (Fsp3) is 0.0952. The average Bonchev–Trinajstić information content (AvgIpc) is 2.65. The predicted octanol–water partition coefficient (Wildman–Crippen LogP) is 5.13. The minimum absolute atomic E-state index is 0.202. The monoisotopic (exact) mass is 333 g/mol. The Morgan fingerprint density at radius 1 is 0.840 bits per heavy atom. The van der Waals surface area contributed by atoms with Crippen LogP contribution in [0.4, 0.5) is 5.69 Å². The van der Waals surface area contributed by atoms with Crippen LogP contribution in [0.3, 0.4) is 0 Å². The van der Waals surface area contributed by atoms with Gasteiger partial charge in [0.25, 0.3) is 5.91 Å². The van der Waals surface area contributed by atoms with Crippen molar-refractivity contribution in [2.45, 2.75) is 6.92 Å². The molecule has 4 nitrogen and oxygen atoms in total. The normalized spacial score (nSPS) is 10.1. The zero-order valence-corrected chi connectivity index (χ0v) is 13.9. The Balaban J connectivity index is 1.75. The van der Waals surface area contributed by atoms with Crippen LogP contribution in [0.25, 0.3) is 0 Å². The summed E-state index contributed by atoms with van der Waals surface area (Å²) in [4.78, 5) is 12.5. The number of carbonyl (C=O) groups excluding carboxylic acids is 1. The lowest BCUT2D eigenvalue weighted by Crippen LogP contribution is -2.12. The highest BCUT2D eigenvalue weighted by atomic mass is 16.5. The van der Waals surface area contributed by atoms with Crippen molar-refractivity contribution in [3.8, 4) is 17.2 Å². The molecule has 0 aromatic heterocycles. The Hall–Kier alpha value is -3.27. The maximum absolute atomic E-state index is 12.5. The summed E-state index contributed by atoms with van der Waals surface area (Å²) < 4.78 is 11.3. The molecule has 1 N–H and O–H groups in total. The molecule has 0 aliphatic rings. The summed E-state index contributed by atoms with van der Waals surface area (Å²) in [6.07, 6.45) is 0. The van der Waals surface area contributed by atoms with Crippen LogP contribution in [0, 0.1) is 0 Å². The molecule has 0 radical (unpaired) electrons. The molecule has 126 valence electrons. The molecule has 3 aromatic rings. The standard InChI is InChI=1S/C21H19NO3/c1-2-24-17-14-12-16(13-15-17)21(23)22-19-10-6-7-11-20(19)25-18-8-4-3-5-9-18/h3-15H,2H2,1H3,(H,22,23). The van der Waals surface area contributed by atoms with Gasteiger partial charge < -0.3 is 14.8 Å². The minimum Gasteiger partial charge on any atom is -0.494 e. The van der Waals surface area contributed by atoms with Crippen molar-refractivity contribution in [2.75, 3.05) is 11.9 Å². The van der Waals surface area contributed by atoms with Crippen molar-refractivity contribution >= 4 is 11.6 Å². The van der Waals surface area contributed by atoms with E-state index >= 15 is 0 Å². The molecule has 0 atom stereocenters.